The van der Waals surface area contributed by atoms with Gasteiger partial charge in [0.15, 0.2) is 5.65 Å². The van der Waals surface area contributed by atoms with Gasteiger partial charge in [0, 0.05) is 37.5 Å². The number of aromatic nitrogens is 3. The molecule has 0 bridgehead atoms. The fraction of sp³-hybridized carbons (Fsp3) is 0.261. The number of hydrogen-bond donors (Lipinski definition) is 2. The van der Waals surface area contributed by atoms with Gasteiger partial charge < -0.3 is 15.3 Å². The maximum atomic E-state index is 12.6. The number of phenolic OH excluding ortho intramolecular Hbond substituents is 1. The van der Waals surface area contributed by atoms with Gasteiger partial charge >= 0.3 is 0 Å². The Hall–Kier alpha value is -3.33. The van der Waals surface area contributed by atoms with E-state index in [1.807, 2.05) is 40.6 Å². The van der Waals surface area contributed by atoms with Crippen LogP contribution in [0.15, 0.2) is 54.0 Å². The van der Waals surface area contributed by atoms with Crippen molar-refractivity contribution in [2.45, 2.75) is 12.8 Å². The predicted molar refractivity (Wildman–Crippen MR) is 127 cm³/mol. The van der Waals surface area contributed by atoms with E-state index in [0.717, 1.165) is 43.2 Å². The highest BCUT2D eigenvalue weighted by atomic mass is 32.1. The molecule has 0 unspecified atom stereocenters. The van der Waals surface area contributed by atoms with Crippen molar-refractivity contribution in [3.05, 3.63) is 58.9 Å². The molecule has 0 saturated carbocycles. The summed E-state index contributed by atoms with van der Waals surface area (Å²) in [5.74, 6) is 1.49. The molecular formula is C23H22BN5O2S. The van der Waals surface area contributed by atoms with Crippen molar-refractivity contribution in [1.82, 2.24) is 19.5 Å². The minimum atomic E-state index is 0.126. The lowest BCUT2D eigenvalue weighted by Gasteiger charge is -2.32. The molecule has 2 N–H and O–H groups in total. The molecule has 1 aromatic carbocycles. The molecule has 32 heavy (non-hydrogen) atoms. The quantitative estimate of drug-likeness (QED) is 0.464. The number of piperidine rings is 1. The van der Waals surface area contributed by atoms with Gasteiger partial charge in [0.2, 0.25) is 0 Å². The molecule has 5 rings (SSSR count). The van der Waals surface area contributed by atoms with Crippen molar-refractivity contribution < 1.29 is 9.90 Å². The van der Waals surface area contributed by atoms with Crippen LogP contribution in [0.4, 0.5) is 5.82 Å². The number of aromatic hydroxyl groups is 1. The average molecular weight is 443 g/mol. The molecule has 160 valence electrons. The fourth-order valence-electron chi connectivity index (χ4n) is 4.08. The van der Waals surface area contributed by atoms with Crippen molar-refractivity contribution in [2.24, 2.45) is 5.92 Å². The number of likely N-dealkylation sites (tertiary alicyclic amines) is 1. The number of nitrogens with zero attached hydrogens (tertiary/aromatic N) is 4. The number of nitrogens with one attached hydrogen (secondary N) is 1. The van der Waals surface area contributed by atoms with Crippen LogP contribution < -0.4 is 10.8 Å². The second kappa shape index (κ2) is 8.66. The fourth-order valence-corrected chi connectivity index (χ4v) is 4.77. The molecular weight excluding hydrogens is 421 g/mol. The zero-order chi connectivity index (χ0) is 22.1. The Morgan fingerprint density at radius 2 is 2.03 bits per heavy atom. The number of hydrogen-bond acceptors (Lipinski definition) is 6. The lowest BCUT2D eigenvalue weighted by molar-refractivity contribution is 0.0700. The van der Waals surface area contributed by atoms with Crippen LogP contribution in [0.1, 0.15) is 22.5 Å². The van der Waals surface area contributed by atoms with E-state index in [1.54, 1.807) is 22.8 Å². The van der Waals surface area contributed by atoms with Gasteiger partial charge in [0.25, 0.3) is 5.91 Å². The van der Waals surface area contributed by atoms with Gasteiger partial charge in [-0.15, -0.1) is 11.3 Å². The van der Waals surface area contributed by atoms with E-state index in [-0.39, 0.29) is 11.7 Å². The zero-order valence-corrected chi connectivity index (χ0v) is 18.3. The first-order valence-corrected chi connectivity index (χ1v) is 11.5. The molecule has 4 heterocycles. The molecule has 4 aromatic rings. The Morgan fingerprint density at radius 3 is 2.78 bits per heavy atom. The number of thiophene rings is 1. The van der Waals surface area contributed by atoms with Crippen LogP contribution in [0.2, 0.25) is 0 Å². The molecule has 1 saturated heterocycles. The molecule has 7 nitrogen and oxygen atoms in total. The van der Waals surface area contributed by atoms with Gasteiger partial charge in [-0.05, 0) is 47.8 Å². The highest BCUT2D eigenvalue weighted by Crippen LogP contribution is 2.29. The third-order valence-corrected chi connectivity index (χ3v) is 6.74. The number of amides is 1. The number of fused-ring (bicyclic) bond motifs is 1. The second-order valence-corrected chi connectivity index (χ2v) is 8.92. The van der Waals surface area contributed by atoms with Crippen molar-refractivity contribution in [3.63, 3.8) is 0 Å². The van der Waals surface area contributed by atoms with Gasteiger partial charge in [-0.3, -0.25) is 4.79 Å². The number of phenols is 1. The Morgan fingerprint density at radius 1 is 1.22 bits per heavy atom. The van der Waals surface area contributed by atoms with E-state index in [0.29, 0.717) is 28.3 Å². The largest absolute Gasteiger partial charge is 0.507 e. The van der Waals surface area contributed by atoms with Crippen LogP contribution in [-0.4, -0.2) is 58.0 Å². The monoisotopic (exact) mass is 443 g/mol. The normalized spacial score (nSPS) is 14.7. The van der Waals surface area contributed by atoms with Gasteiger partial charge in [0.1, 0.15) is 19.4 Å². The summed E-state index contributed by atoms with van der Waals surface area (Å²) in [6.07, 6.45) is 3.45. The minimum Gasteiger partial charge on any atom is -0.507 e. The molecule has 0 spiro atoms. The lowest BCUT2D eigenvalue weighted by atomic mass is 9.96. The van der Waals surface area contributed by atoms with Crippen molar-refractivity contribution >= 4 is 42.0 Å². The van der Waals surface area contributed by atoms with Crippen molar-refractivity contribution in [1.29, 1.82) is 0 Å². The highest BCUT2D eigenvalue weighted by molar-refractivity contribution is 7.12. The van der Waals surface area contributed by atoms with Crippen LogP contribution in [0.5, 0.6) is 5.75 Å². The standard InChI is InChI=1S/C23H22BN5O2S/c24-17-14-26-29-21(12-18(27-22(17)29)16-4-1-2-5-19(16)30)25-13-15-7-9-28(10-8-15)23(31)20-6-3-11-32-20/h1-6,11-12,14-15,25,30H,7-10,13H2. The van der Waals surface area contributed by atoms with Crippen LogP contribution in [-0.2, 0) is 0 Å². The first kappa shape index (κ1) is 20.6. The first-order valence-electron chi connectivity index (χ1n) is 10.6. The van der Waals surface area contributed by atoms with E-state index in [1.165, 1.54) is 11.3 Å². The third kappa shape index (κ3) is 3.96. The SMILES string of the molecule is [B]c1cnn2c(NCC3CCN(C(=O)c4cccs4)CC3)cc(-c3ccccc3O)nc12. The van der Waals surface area contributed by atoms with Crippen LogP contribution >= 0.6 is 11.3 Å². The number of carbonyl (C=O) groups is 1. The summed E-state index contributed by atoms with van der Waals surface area (Å²) in [6.45, 7) is 2.26. The Balaban J connectivity index is 1.31. The van der Waals surface area contributed by atoms with E-state index >= 15 is 0 Å². The summed E-state index contributed by atoms with van der Waals surface area (Å²) in [6, 6.07) is 12.8. The molecule has 1 aliphatic rings. The smallest absolute Gasteiger partial charge is 0.263 e. The van der Waals surface area contributed by atoms with Gasteiger partial charge in [-0.25, -0.2) is 4.98 Å². The summed E-state index contributed by atoms with van der Waals surface area (Å²) in [5.41, 5.74) is 2.29. The summed E-state index contributed by atoms with van der Waals surface area (Å²) in [7, 11) is 6.08. The van der Waals surface area contributed by atoms with Crippen LogP contribution in [0.25, 0.3) is 16.9 Å². The maximum Gasteiger partial charge on any atom is 0.263 e. The molecule has 0 aliphatic carbocycles. The number of para-hydroxylation sites is 1. The van der Waals surface area contributed by atoms with E-state index in [4.69, 9.17) is 7.85 Å². The molecule has 1 amide bonds. The van der Waals surface area contributed by atoms with Crippen LogP contribution in [0, 0.1) is 5.92 Å². The predicted octanol–water partition coefficient (Wildman–Crippen LogP) is 2.92. The van der Waals surface area contributed by atoms with Gasteiger partial charge in [-0.2, -0.15) is 9.61 Å². The molecule has 2 radical (unpaired) electrons. The molecule has 1 aliphatic heterocycles. The summed E-state index contributed by atoms with van der Waals surface area (Å²) >= 11 is 1.49. The molecule has 9 heteroatoms. The maximum absolute atomic E-state index is 12.6. The zero-order valence-electron chi connectivity index (χ0n) is 17.4. The summed E-state index contributed by atoms with van der Waals surface area (Å²) in [4.78, 5) is 19.9. The van der Waals surface area contributed by atoms with Gasteiger partial charge in [0.05, 0.1) is 10.6 Å². The Bertz CT molecular complexity index is 1250. The number of anilines is 1. The number of carbonyl (C=O) groups excluding carboxylic acids is 1. The molecule has 1 fully saturated rings. The number of benzene rings is 1. The van der Waals surface area contributed by atoms with E-state index in [9.17, 15) is 9.90 Å². The van der Waals surface area contributed by atoms with Crippen molar-refractivity contribution in [2.75, 3.05) is 25.0 Å². The average Bonchev–Trinajstić information content (AvgIpc) is 3.48. The summed E-state index contributed by atoms with van der Waals surface area (Å²) < 4.78 is 1.69. The lowest BCUT2D eigenvalue weighted by Crippen LogP contribution is -2.39. The molecule has 3 aromatic heterocycles. The highest BCUT2D eigenvalue weighted by Gasteiger charge is 2.24. The van der Waals surface area contributed by atoms with E-state index in [2.05, 4.69) is 15.4 Å². The molecule has 0 atom stereocenters. The third-order valence-electron chi connectivity index (χ3n) is 5.88. The van der Waals surface area contributed by atoms with Gasteiger partial charge in [-0.1, -0.05) is 18.2 Å². The van der Waals surface area contributed by atoms with Crippen LogP contribution in [0.3, 0.4) is 0 Å². The second-order valence-electron chi connectivity index (χ2n) is 7.97. The Kier molecular flexibility index (Phi) is 5.57. The van der Waals surface area contributed by atoms with Crippen molar-refractivity contribution in [3.8, 4) is 17.0 Å². The number of rotatable bonds is 5. The van der Waals surface area contributed by atoms with E-state index < -0.39 is 0 Å². The summed E-state index contributed by atoms with van der Waals surface area (Å²) in [5, 5.41) is 20.1. The first-order chi connectivity index (χ1) is 15.6. The Labute approximate surface area is 191 Å². The minimum absolute atomic E-state index is 0.126. The topological polar surface area (TPSA) is 82.8 Å².